The van der Waals surface area contributed by atoms with E-state index < -0.39 is 18.2 Å². The Bertz CT molecular complexity index is 1210. The summed E-state index contributed by atoms with van der Waals surface area (Å²) in [5.74, 6) is -0.969. The third kappa shape index (κ3) is 5.48. The third-order valence-electron chi connectivity index (χ3n) is 5.78. The second-order valence-corrected chi connectivity index (χ2v) is 8.34. The number of carbonyl (C=O) groups is 3. The van der Waals surface area contributed by atoms with E-state index in [1.807, 2.05) is 19.1 Å². The van der Waals surface area contributed by atoms with E-state index in [0.29, 0.717) is 28.9 Å². The van der Waals surface area contributed by atoms with E-state index in [1.54, 1.807) is 55.5 Å². The Morgan fingerprint density at radius 1 is 0.971 bits per heavy atom. The van der Waals surface area contributed by atoms with Gasteiger partial charge in [0.05, 0.1) is 6.54 Å². The van der Waals surface area contributed by atoms with Gasteiger partial charge >= 0.3 is 6.09 Å². The molecule has 0 aromatic heterocycles. The molecule has 1 fully saturated rings. The number of nitrogens with zero attached hydrogens (tertiary/aromatic N) is 1. The number of ether oxygens (including phenoxy) is 1. The van der Waals surface area contributed by atoms with Gasteiger partial charge in [0.25, 0.3) is 5.91 Å². The van der Waals surface area contributed by atoms with E-state index in [1.165, 1.54) is 17.0 Å². The van der Waals surface area contributed by atoms with Crippen LogP contribution in [0.2, 0.25) is 0 Å². The molecule has 8 heteroatoms. The lowest BCUT2D eigenvalue weighted by molar-refractivity contribution is -0.126. The van der Waals surface area contributed by atoms with Gasteiger partial charge in [0.2, 0.25) is 5.91 Å². The van der Waals surface area contributed by atoms with E-state index >= 15 is 0 Å². The van der Waals surface area contributed by atoms with E-state index in [9.17, 15) is 18.8 Å². The number of hydrogen-bond acceptors (Lipinski definition) is 4. The van der Waals surface area contributed by atoms with Crippen LogP contribution in [-0.2, 0) is 16.1 Å². The van der Waals surface area contributed by atoms with Crippen molar-refractivity contribution in [2.24, 2.45) is 0 Å². The van der Waals surface area contributed by atoms with Gasteiger partial charge in [0, 0.05) is 17.8 Å². The molecule has 7 nitrogen and oxygen atoms in total. The quantitative estimate of drug-likeness (QED) is 0.524. The highest BCUT2D eigenvalue weighted by Crippen LogP contribution is 2.34. The number of amides is 3. The Morgan fingerprint density at radius 2 is 1.63 bits per heavy atom. The maximum Gasteiger partial charge on any atom is 0.411 e. The molecule has 0 radical (unpaired) electrons. The molecule has 0 saturated carbocycles. The lowest BCUT2D eigenvalue weighted by Gasteiger charge is -2.24. The molecule has 1 aliphatic rings. The number of aryl methyl sites for hydroxylation is 1. The molecule has 180 valence electrons. The minimum atomic E-state index is -0.902. The molecule has 1 aliphatic heterocycles. The van der Waals surface area contributed by atoms with Crippen molar-refractivity contribution in [2.45, 2.75) is 32.5 Å². The molecule has 1 heterocycles. The number of carbonyl (C=O) groups excluding carboxylic acids is 3. The Kier molecular flexibility index (Phi) is 7.10. The van der Waals surface area contributed by atoms with Crippen molar-refractivity contribution >= 4 is 23.6 Å². The van der Waals surface area contributed by atoms with Crippen LogP contribution in [0.15, 0.2) is 72.8 Å². The van der Waals surface area contributed by atoms with E-state index in [0.717, 1.165) is 5.56 Å². The predicted molar refractivity (Wildman–Crippen MR) is 129 cm³/mol. The highest BCUT2D eigenvalue weighted by atomic mass is 19.1. The van der Waals surface area contributed by atoms with E-state index in [4.69, 9.17) is 4.74 Å². The fourth-order valence-corrected chi connectivity index (χ4v) is 3.94. The normalized spacial score (nSPS) is 17.1. The molecular weight excluding hydrogens is 449 g/mol. The molecule has 2 atom stereocenters. The SMILES string of the molecule is CCNC(=O)[C@H]1[C@@H](c2ccc(NC(=O)c3ccc(C)cc3)cc2)OC(=O)N1Cc1ccc(F)cc1. The van der Waals surface area contributed by atoms with Gasteiger partial charge in [-0.3, -0.25) is 14.5 Å². The van der Waals surface area contributed by atoms with Crippen molar-refractivity contribution in [1.29, 1.82) is 0 Å². The van der Waals surface area contributed by atoms with Crippen molar-refractivity contribution in [3.8, 4) is 0 Å². The number of benzene rings is 3. The molecule has 3 amide bonds. The van der Waals surface area contributed by atoms with Gasteiger partial charge in [-0.25, -0.2) is 9.18 Å². The summed E-state index contributed by atoms with van der Waals surface area (Å²) in [5.41, 5.74) is 3.46. The van der Waals surface area contributed by atoms with Crippen molar-refractivity contribution in [3.63, 3.8) is 0 Å². The van der Waals surface area contributed by atoms with Crippen molar-refractivity contribution in [3.05, 3.63) is 101 Å². The smallest absolute Gasteiger partial charge is 0.411 e. The summed E-state index contributed by atoms with van der Waals surface area (Å²) < 4.78 is 18.9. The summed E-state index contributed by atoms with van der Waals surface area (Å²) in [4.78, 5) is 39.5. The molecule has 0 unspecified atom stereocenters. The Balaban J connectivity index is 1.53. The molecule has 35 heavy (non-hydrogen) atoms. The second kappa shape index (κ2) is 10.4. The van der Waals surface area contributed by atoms with Crippen LogP contribution in [0.25, 0.3) is 0 Å². The van der Waals surface area contributed by atoms with Crippen LogP contribution in [0.4, 0.5) is 14.9 Å². The average molecular weight is 476 g/mol. The minimum absolute atomic E-state index is 0.0993. The number of anilines is 1. The number of nitrogens with one attached hydrogen (secondary N) is 2. The summed E-state index contributed by atoms with van der Waals surface area (Å²) in [7, 11) is 0. The molecule has 1 saturated heterocycles. The Labute approximate surface area is 202 Å². The Hall–Kier alpha value is -4.20. The van der Waals surface area contributed by atoms with Crippen LogP contribution >= 0.6 is 0 Å². The topological polar surface area (TPSA) is 87.7 Å². The van der Waals surface area contributed by atoms with Crippen molar-refractivity contribution in [2.75, 3.05) is 11.9 Å². The van der Waals surface area contributed by atoms with Gasteiger partial charge in [-0.05, 0) is 61.4 Å². The third-order valence-corrected chi connectivity index (χ3v) is 5.78. The van der Waals surface area contributed by atoms with Crippen molar-refractivity contribution < 1.29 is 23.5 Å². The summed E-state index contributed by atoms with van der Waals surface area (Å²) in [6.07, 6.45) is -1.47. The first-order valence-corrected chi connectivity index (χ1v) is 11.3. The van der Waals surface area contributed by atoms with Crippen LogP contribution in [0.1, 0.15) is 40.1 Å². The molecule has 2 N–H and O–H groups in total. The summed E-state index contributed by atoms with van der Waals surface area (Å²) in [5, 5.41) is 5.60. The van der Waals surface area contributed by atoms with Gasteiger partial charge in [0.15, 0.2) is 12.1 Å². The number of rotatable bonds is 7. The minimum Gasteiger partial charge on any atom is -0.438 e. The molecular formula is C27H26FN3O4. The van der Waals surface area contributed by atoms with E-state index in [2.05, 4.69) is 10.6 Å². The number of likely N-dealkylation sites (N-methyl/N-ethyl adjacent to an activating group) is 1. The first kappa shape index (κ1) is 23.9. The monoisotopic (exact) mass is 475 g/mol. The fraction of sp³-hybridized carbons (Fsp3) is 0.222. The highest BCUT2D eigenvalue weighted by Gasteiger charge is 2.46. The van der Waals surface area contributed by atoms with Gasteiger partial charge in [-0.15, -0.1) is 0 Å². The van der Waals surface area contributed by atoms with Crippen LogP contribution in [0, 0.1) is 12.7 Å². The first-order valence-electron chi connectivity index (χ1n) is 11.3. The summed E-state index contributed by atoms with van der Waals surface area (Å²) in [6, 6.07) is 18.9. The van der Waals surface area contributed by atoms with Crippen molar-refractivity contribution in [1.82, 2.24) is 10.2 Å². The first-order chi connectivity index (χ1) is 16.9. The average Bonchev–Trinajstić information content (AvgIpc) is 3.17. The maximum absolute atomic E-state index is 13.3. The predicted octanol–water partition coefficient (Wildman–Crippen LogP) is 4.58. The molecule has 0 spiro atoms. The summed E-state index contributed by atoms with van der Waals surface area (Å²) in [6.45, 7) is 4.23. The number of hydrogen-bond donors (Lipinski definition) is 2. The number of halogens is 1. The standard InChI is InChI=1S/C27H26FN3O4/c1-3-29-26(33)23-24(35-27(34)31(23)16-18-6-12-21(28)13-7-18)19-10-14-22(15-11-19)30-25(32)20-8-4-17(2)5-9-20/h4-15,23-24H,3,16H2,1-2H3,(H,29,33)(H,30,32)/t23-,24-/m1/s1. The van der Waals surface area contributed by atoms with Crippen LogP contribution in [-0.4, -0.2) is 35.4 Å². The molecule has 3 aromatic rings. The fourth-order valence-electron chi connectivity index (χ4n) is 3.94. The zero-order chi connectivity index (χ0) is 24.9. The lowest BCUT2D eigenvalue weighted by atomic mass is 10.00. The van der Waals surface area contributed by atoms with E-state index in [-0.39, 0.29) is 24.2 Å². The van der Waals surface area contributed by atoms with Crippen LogP contribution in [0.5, 0.6) is 0 Å². The molecule has 0 bridgehead atoms. The summed E-state index contributed by atoms with van der Waals surface area (Å²) >= 11 is 0. The Morgan fingerprint density at radius 3 is 2.26 bits per heavy atom. The van der Waals surface area contributed by atoms with Gasteiger partial charge in [-0.2, -0.15) is 0 Å². The largest absolute Gasteiger partial charge is 0.438 e. The van der Waals surface area contributed by atoms with Crippen LogP contribution < -0.4 is 10.6 Å². The lowest BCUT2D eigenvalue weighted by Crippen LogP contribution is -2.46. The van der Waals surface area contributed by atoms with Gasteiger partial charge in [0.1, 0.15) is 5.82 Å². The molecule has 4 rings (SSSR count). The zero-order valence-electron chi connectivity index (χ0n) is 19.5. The van der Waals surface area contributed by atoms with Gasteiger partial charge < -0.3 is 15.4 Å². The zero-order valence-corrected chi connectivity index (χ0v) is 19.5. The number of cyclic esters (lactones) is 1. The molecule has 3 aromatic carbocycles. The highest BCUT2D eigenvalue weighted by molar-refractivity contribution is 6.04. The van der Waals surface area contributed by atoms with Gasteiger partial charge in [-0.1, -0.05) is 42.0 Å². The second-order valence-electron chi connectivity index (χ2n) is 8.34. The maximum atomic E-state index is 13.3. The van der Waals surface area contributed by atoms with Crippen LogP contribution in [0.3, 0.4) is 0 Å². The molecule has 0 aliphatic carbocycles.